The van der Waals surface area contributed by atoms with Crippen LogP contribution in [0.25, 0.3) is 0 Å². The monoisotopic (exact) mass is 252 g/mol. The largest absolute Gasteiger partial charge is 0.329 e. The maximum atomic E-state index is 12.5. The number of amides is 2. The molecule has 0 N–H and O–H groups in total. The van der Waals surface area contributed by atoms with E-state index in [1.165, 1.54) is 0 Å². The molecule has 0 bridgehead atoms. The van der Waals surface area contributed by atoms with E-state index in [9.17, 15) is 9.59 Å². The number of nitrogens with zero attached hydrogens (tertiary/aromatic N) is 2. The zero-order chi connectivity index (χ0) is 13.4. The zero-order valence-corrected chi connectivity index (χ0v) is 11.8. The van der Waals surface area contributed by atoms with Crippen LogP contribution in [0, 0.1) is 11.8 Å². The highest BCUT2D eigenvalue weighted by atomic mass is 16.2. The molecule has 3 atom stereocenters. The van der Waals surface area contributed by atoms with Gasteiger partial charge in [-0.3, -0.25) is 9.59 Å². The Morgan fingerprint density at radius 3 is 2.50 bits per heavy atom. The maximum absolute atomic E-state index is 12.5. The molecular weight excluding hydrogens is 228 g/mol. The molecule has 0 aromatic heterocycles. The Bertz CT molecular complexity index is 354. The summed E-state index contributed by atoms with van der Waals surface area (Å²) in [4.78, 5) is 28.3. The van der Waals surface area contributed by atoms with Crippen LogP contribution in [0.5, 0.6) is 0 Å². The van der Waals surface area contributed by atoms with Crippen LogP contribution in [0.4, 0.5) is 0 Å². The molecule has 0 radical (unpaired) electrons. The van der Waals surface area contributed by atoms with Gasteiger partial charge in [0.05, 0.1) is 0 Å². The molecule has 4 nitrogen and oxygen atoms in total. The fourth-order valence-electron chi connectivity index (χ4n) is 2.81. The van der Waals surface area contributed by atoms with E-state index in [2.05, 4.69) is 20.8 Å². The Kier molecular flexibility index (Phi) is 3.64. The SMILES string of the molecule is CC(C)C(C)CN1C(=O)C2CCCN2C(=O)C1C. The molecule has 2 heterocycles. The third kappa shape index (κ3) is 2.13. The zero-order valence-electron chi connectivity index (χ0n) is 11.8. The van der Waals surface area contributed by atoms with Crippen molar-refractivity contribution in [2.24, 2.45) is 11.8 Å². The van der Waals surface area contributed by atoms with Crippen molar-refractivity contribution >= 4 is 11.8 Å². The van der Waals surface area contributed by atoms with Gasteiger partial charge in [0.25, 0.3) is 0 Å². The summed E-state index contributed by atoms with van der Waals surface area (Å²) in [6.07, 6.45) is 1.80. The van der Waals surface area contributed by atoms with Crippen molar-refractivity contribution in [1.82, 2.24) is 9.80 Å². The molecule has 2 fully saturated rings. The van der Waals surface area contributed by atoms with E-state index in [4.69, 9.17) is 0 Å². The van der Waals surface area contributed by atoms with Crippen molar-refractivity contribution in [1.29, 1.82) is 0 Å². The summed E-state index contributed by atoms with van der Waals surface area (Å²) in [7, 11) is 0. The molecule has 2 aliphatic heterocycles. The summed E-state index contributed by atoms with van der Waals surface area (Å²) in [6, 6.07) is -0.457. The highest BCUT2D eigenvalue weighted by Gasteiger charge is 2.46. The molecule has 102 valence electrons. The standard InChI is InChI=1S/C14H24N2O2/c1-9(2)10(3)8-16-11(4)13(17)15-7-5-6-12(15)14(16)18/h9-12H,5-8H2,1-4H3. The average Bonchev–Trinajstić information content (AvgIpc) is 2.80. The molecule has 3 unspecified atom stereocenters. The van der Waals surface area contributed by atoms with Gasteiger partial charge in [-0.1, -0.05) is 20.8 Å². The van der Waals surface area contributed by atoms with Crippen molar-refractivity contribution in [3.8, 4) is 0 Å². The number of carbonyl (C=O) groups excluding carboxylic acids is 2. The Balaban J connectivity index is 2.14. The minimum absolute atomic E-state index is 0.132. The minimum Gasteiger partial charge on any atom is -0.329 e. The number of fused-ring (bicyclic) bond motifs is 1. The predicted octanol–water partition coefficient (Wildman–Crippen LogP) is 1.50. The van der Waals surface area contributed by atoms with E-state index in [1.807, 2.05) is 6.92 Å². The molecule has 2 rings (SSSR count). The quantitative estimate of drug-likeness (QED) is 0.763. The second-order valence-electron chi connectivity index (χ2n) is 6.08. The fourth-order valence-corrected chi connectivity index (χ4v) is 2.81. The molecule has 0 aromatic rings. The van der Waals surface area contributed by atoms with Gasteiger partial charge in [-0.25, -0.2) is 0 Å². The smallest absolute Gasteiger partial charge is 0.246 e. The number of carbonyl (C=O) groups is 2. The molecule has 0 saturated carbocycles. The first-order chi connectivity index (χ1) is 8.43. The fraction of sp³-hybridized carbons (Fsp3) is 0.857. The first kappa shape index (κ1) is 13.4. The van der Waals surface area contributed by atoms with Gasteiger partial charge < -0.3 is 9.80 Å². The summed E-state index contributed by atoms with van der Waals surface area (Å²) in [5, 5.41) is 0. The van der Waals surface area contributed by atoms with E-state index < -0.39 is 0 Å². The summed E-state index contributed by atoms with van der Waals surface area (Å²) >= 11 is 0. The van der Waals surface area contributed by atoms with Gasteiger partial charge in [-0.15, -0.1) is 0 Å². The van der Waals surface area contributed by atoms with Gasteiger partial charge in [0.15, 0.2) is 0 Å². The molecule has 0 aliphatic carbocycles. The predicted molar refractivity (Wildman–Crippen MR) is 69.9 cm³/mol. The molecule has 0 spiro atoms. The van der Waals surface area contributed by atoms with E-state index >= 15 is 0 Å². The number of piperazine rings is 1. The van der Waals surface area contributed by atoms with E-state index in [1.54, 1.807) is 9.80 Å². The lowest BCUT2D eigenvalue weighted by atomic mass is 9.95. The molecule has 18 heavy (non-hydrogen) atoms. The lowest BCUT2D eigenvalue weighted by molar-refractivity contribution is -0.159. The first-order valence-electron chi connectivity index (χ1n) is 7.04. The Morgan fingerprint density at radius 2 is 1.89 bits per heavy atom. The van der Waals surface area contributed by atoms with Gasteiger partial charge in [-0.2, -0.15) is 0 Å². The van der Waals surface area contributed by atoms with E-state index in [0.29, 0.717) is 18.4 Å². The first-order valence-corrected chi connectivity index (χ1v) is 7.04. The third-order valence-corrected chi connectivity index (χ3v) is 4.55. The molecule has 2 amide bonds. The highest BCUT2D eigenvalue weighted by molar-refractivity contribution is 5.97. The van der Waals surface area contributed by atoms with Crippen molar-refractivity contribution in [2.45, 2.75) is 52.6 Å². The highest BCUT2D eigenvalue weighted by Crippen LogP contribution is 2.28. The van der Waals surface area contributed by atoms with Crippen LogP contribution in [0.3, 0.4) is 0 Å². The van der Waals surface area contributed by atoms with Crippen molar-refractivity contribution in [2.75, 3.05) is 13.1 Å². The Hall–Kier alpha value is -1.06. The van der Waals surface area contributed by atoms with Crippen LogP contribution < -0.4 is 0 Å². The van der Waals surface area contributed by atoms with Gasteiger partial charge in [0.2, 0.25) is 11.8 Å². The minimum atomic E-state index is -0.284. The number of hydrogen-bond donors (Lipinski definition) is 0. The number of rotatable bonds is 3. The van der Waals surface area contributed by atoms with Gasteiger partial charge in [0, 0.05) is 13.1 Å². The molecule has 4 heteroatoms. The number of hydrogen-bond acceptors (Lipinski definition) is 2. The van der Waals surface area contributed by atoms with Crippen LogP contribution in [-0.2, 0) is 9.59 Å². The van der Waals surface area contributed by atoms with Crippen LogP contribution in [0.15, 0.2) is 0 Å². The molecule has 2 aliphatic rings. The van der Waals surface area contributed by atoms with Crippen molar-refractivity contribution < 1.29 is 9.59 Å². The van der Waals surface area contributed by atoms with E-state index in [0.717, 1.165) is 19.4 Å². The molecule has 0 aromatic carbocycles. The van der Waals surface area contributed by atoms with Crippen LogP contribution >= 0.6 is 0 Å². The third-order valence-electron chi connectivity index (χ3n) is 4.55. The molecular formula is C14H24N2O2. The second-order valence-corrected chi connectivity index (χ2v) is 6.08. The summed E-state index contributed by atoms with van der Waals surface area (Å²) < 4.78 is 0. The van der Waals surface area contributed by atoms with Gasteiger partial charge >= 0.3 is 0 Å². The summed E-state index contributed by atoms with van der Waals surface area (Å²) in [5.74, 6) is 1.25. The van der Waals surface area contributed by atoms with Crippen molar-refractivity contribution in [3.63, 3.8) is 0 Å². The Morgan fingerprint density at radius 1 is 1.22 bits per heavy atom. The topological polar surface area (TPSA) is 40.6 Å². The normalized spacial score (nSPS) is 30.1. The maximum Gasteiger partial charge on any atom is 0.246 e. The summed E-state index contributed by atoms with van der Waals surface area (Å²) in [5.41, 5.74) is 0. The Labute approximate surface area is 109 Å². The lowest BCUT2D eigenvalue weighted by Crippen LogP contribution is -2.62. The van der Waals surface area contributed by atoms with Gasteiger partial charge in [-0.05, 0) is 31.6 Å². The van der Waals surface area contributed by atoms with E-state index in [-0.39, 0.29) is 23.9 Å². The van der Waals surface area contributed by atoms with Crippen LogP contribution in [0.2, 0.25) is 0 Å². The van der Waals surface area contributed by atoms with Crippen LogP contribution in [0.1, 0.15) is 40.5 Å². The average molecular weight is 252 g/mol. The van der Waals surface area contributed by atoms with Gasteiger partial charge in [0.1, 0.15) is 12.1 Å². The molecule has 2 saturated heterocycles. The van der Waals surface area contributed by atoms with Crippen molar-refractivity contribution in [3.05, 3.63) is 0 Å². The summed E-state index contributed by atoms with van der Waals surface area (Å²) in [6.45, 7) is 9.79. The second kappa shape index (κ2) is 4.90. The van der Waals surface area contributed by atoms with Crippen LogP contribution in [-0.4, -0.2) is 46.8 Å². The lowest BCUT2D eigenvalue weighted by Gasteiger charge is -2.42.